The first-order valence-electron chi connectivity index (χ1n) is 4.17. The molecule has 0 spiro atoms. The molecule has 2 aliphatic rings. The van der Waals surface area contributed by atoms with Crippen molar-refractivity contribution in [2.24, 2.45) is 23.5 Å². The van der Waals surface area contributed by atoms with Crippen LogP contribution in [0, 0.1) is 17.8 Å². The topological polar surface area (TPSA) is 46.2 Å². The zero-order valence-electron chi connectivity index (χ0n) is 6.57. The molecule has 2 aliphatic carbocycles. The van der Waals surface area contributed by atoms with E-state index < -0.39 is 0 Å². The van der Waals surface area contributed by atoms with E-state index in [1.54, 1.807) is 0 Å². The molecule has 0 aromatic heterocycles. The van der Waals surface area contributed by atoms with Crippen LogP contribution in [0.15, 0.2) is 0 Å². The van der Waals surface area contributed by atoms with Gasteiger partial charge in [-0.15, -0.1) is 12.4 Å². The van der Waals surface area contributed by atoms with Crippen LogP contribution in [0.3, 0.4) is 0 Å². The van der Waals surface area contributed by atoms with Gasteiger partial charge in [0, 0.05) is 12.6 Å². The minimum absolute atomic E-state index is 0. The highest BCUT2D eigenvalue weighted by Crippen LogP contribution is 2.47. The number of aliphatic hydroxyl groups is 1. The van der Waals surface area contributed by atoms with E-state index in [1.807, 2.05) is 0 Å². The first kappa shape index (κ1) is 9.30. The first-order valence-corrected chi connectivity index (χ1v) is 4.17. The van der Waals surface area contributed by atoms with Crippen molar-refractivity contribution >= 4 is 12.4 Å². The predicted molar refractivity (Wildman–Crippen MR) is 46.6 cm³/mol. The fraction of sp³-hybridized carbons (Fsp3) is 1.00. The van der Waals surface area contributed by atoms with Crippen molar-refractivity contribution in [1.82, 2.24) is 0 Å². The van der Waals surface area contributed by atoms with E-state index in [2.05, 4.69) is 0 Å². The maximum absolute atomic E-state index is 8.95. The van der Waals surface area contributed by atoms with Crippen LogP contribution < -0.4 is 5.73 Å². The maximum Gasteiger partial charge on any atom is 0.0462 e. The third-order valence-electron chi connectivity index (χ3n) is 3.24. The van der Waals surface area contributed by atoms with Crippen LogP contribution in [0.1, 0.15) is 19.3 Å². The molecule has 0 saturated heterocycles. The van der Waals surface area contributed by atoms with Crippen LogP contribution >= 0.6 is 12.4 Å². The Balaban J connectivity index is 0.000000605. The lowest BCUT2D eigenvalue weighted by molar-refractivity contribution is 0.166. The fourth-order valence-electron chi connectivity index (χ4n) is 2.76. The highest BCUT2D eigenvalue weighted by Gasteiger charge is 2.43. The number of halogens is 1. The molecule has 3 heteroatoms. The third-order valence-corrected chi connectivity index (χ3v) is 3.24. The molecule has 0 heterocycles. The van der Waals surface area contributed by atoms with Crippen molar-refractivity contribution in [3.8, 4) is 0 Å². The highest BCUT2D eigenvalue weighted by atomic mass is 35.5. The van der Waals surface area contributed by atoms with Gasteiger partial charge in [0.15, 0.2) is 0 Å². The SMILES string of the molecule is Cl.N[C@@H]1C[C@@H]2C[C@H](CO)[C@H]1C2. The van der Waals surface area contributed by atoms with Crippen LogP contribution in [0.5, 0.6) is 0 Å². The molecule has 0 unspecified atom stereocenters. The lowest BCUT2D eigenvalue weighted by Crippen LogP contribution is -2.33. The van der Waals surface area contributed by atoms with E-state index >= 15 is 0 Å². The van der Waals surface area contributed by atoms with E-state index in [-0.39, 0.29) is 12.4 Å². The Morgan fingerprint density at radius 1 is 1.27 bits per heavy atom. The largest absolute Gasteiger partial charge is 0.396 e. The van der Waals surface area contributed by atoms with Gasteiger partial charge in [0.05, 0.1) is 0 Å². The highest BCUT2D eigenvalue weighted by molar-refractivity contribution is 5.85. The van der Waals surface area contributed by atoms with Gasteiger partial charge >= 0.3 is 0 Å². The van der Waals surface area contributed by atoms with Gasteiger partial charge in [-0.25, -0.2) is 0 Å². The Kier molecular flexibility index (Phi) is 2.79. The van der Waals surface area contributed by atoms with Gasteiger partial charge in [-0.05, 0) is 37.0 Å². The average Bonchev–Trinajstić information content (AvgIpc) is 2.44. The van der Waals surface area contributed by atoms with Gasteiger partial charge in [-0.2, -0.15) is 0 Å². The summed E-state index contributed by atoms with van der Waals surface area (Å²) in [5, 5.41) is 8.95. The summed E-state index contributed by atoms with van der Waals surface area (Å²) in [5.74, 6) is 2.03. The molecule has 3 N–H and O–H groups in total. The minimum atomic E-state index is 0. The Labute approximate surface area is 73.6 Å². The average molecular weight is 178 g/mol. The van der Waals surface area contributed by atoms with Crippen molar-refractivity contribution in [3.05, 3.63) is 0 Å². The normalized spacial score (nSPS) is 47.5. The van der Waals surface area contributed by atoms with Gasteiger partial charge in [0.1, 0.15) is 0 Å². The molecule has 0 aromatic carbocycles. The predicted octanol–water partition coefficient (Wildman–Crippen LogP) is 0.774. The summed E-state index contributed by atoms with van der Waals surface area (Å²) in [5.41, 5.74) is 5.87. The van der Waals surface area contributed by atoms with Crippen molar-refractivity contribution < 1.29 is 5.11 Å². The standard InChI is InChI=1S/C8H15NO.ClH/c9-8-3-5-1-6(4-10)7(8)2-5;/h5-8,10H,1-4,9H2;1H/t5-,6-,7-,8-;/m1./s1. The summed E-state index contributed by atoms with van der Waals surface area (Å²) in [6, 6.07) is 0.399. The molecule has 0 aliphatic heterocycles. The molecule has 0 aromatic rings. The van der Waals surface area contributed by atoms with Gasteiger partial charge in [-0.1, -0.05) is 0 Å². The van der Waals surface area contributed by atoms with Crippen molar-refractivity contribution in [3.63, 3.8) is 0 Å². The Morgan fingerprint density at radius 3 is 2.36 bits per heavy atom. The summed E-state index contributed by atoms with van der Waals surface area (Å²) in [4.78, 5) is 0. The molecule has 2 saturated carbocycles. The molecule has 0 amide bonds. The van der Waals surface area contributed by atoms with Crippen molar-refractivity contribution in [2.45, 2.75) is 25.3 Å². The van der Waals surface area contributed by atoms with E-state index in [1.165, 1.54) is 19.3 Å². The van der Waals surface area contributed by atoms with Gasteiger partial charge < -0.3 is 10.8 Å². The molecular weight excluding hydrogens is 162 g/mol. The molecule has 2 bridgehead atoms. The number of aliphatic hydroxyl groups excluding tert-OH is 1. The first-order chi connectivity index (χ1) is 4.81. The zero-order chi connectivity index (χ0) is 7.14. The third kappa shape index (κ3) is 1.40. The van der Waals surface area contributed by atoms with Crippen LogP contribution in [0.25, 0.3) is 0 Å². The van der Waals surface area contributed by atoms with Crippen LogP contribution in [-0.2, 0) is 0 Å². The van der Waals surface area contributed by atoms with Crippen LogP contribution in [0.2, 0.25) is 0 Å². The molecule has 2 nitrogen and oxygen atoms in total. The van der Waals surface area contributed by atoms with Gasteiger partial charge in [0.2, 0.25) is 0 Å². The number of rotatable bonds is 1. The minimum Gasteiger partial charge on any atom is -0.396 e. The molecule has 0 radical (unpaired) electrons. The van der Waals surface area contributed by atoms with Crippen molar-refractivity contribution in [2.75, 3.05) is 6.61 Å². The fourth-order valence-corrected chi connectivity index (χ4v) is 2.76. The molecule has 2 fully saturated rings. The Bertz CT molecular complexity index is 140. The number of nitrogens with two attached hydrogens (primary N) is 1. The maximum atomic E-state index is 8.95. The molecule has 11 heavy (non-hydrogen) atoms. The van der Waals surface area contributed by atoms with E-state index in [9.17, 15) is 0 Å². The van der Waals surface area contributed by atoms with Crippen LogP contribution in [-0.4, -0.2) is 17.8 Å². The summed E-state index contributed by atoms with van der Waals surface area (Å²) in [6.45, 7) is 0.356. The second-order valence-electron chi connectivity index (χ2n) is 3.84. The molecular formula is C8H16ClNO. The second kappa shape index (κ2) is 3.30. The Morgan fingerprint density at radius 2 is 2.00 bits per heavy atom. The summed E-state index contributed by atoms with van der Waals surface area (Å²) in [6.07, 6.45) is 3.72. The summed E-state index contributed by atoms with van der Waals surface area (Å²) >= 11 is 0. The van der Waals surface area contributed by atoms with E-state index in [4.69, 9.17) is 10.8 Å². The lowest BCUT2D eigenvalue weighted by Gasteiger charge is -2.24. The van der Waals surface area contributed by atoms with Gasteiger partial charge in [0.25, 0.3) is 0 Å². The van der Waals surface area contributed by atoms with E-state index in [0.29, 0.717) is 24.5 Å². The number of fused-ring (bicyclic) bond motifs is 2. The van der Waals surface area contributed by atoms with Crippen molar-refractivity contribution in [1.29, 1.82) is 0 Å². The summed E-state index contributed by atoms with van der Waals surface area (Å²) < 4.78 is 0. The molecule has 66 valence electrons. The quantitative estimate of drug-likeness (QED) is 0.622. The zero-order valence-corrected chi connectivity index (χ0v) is 7.39. The Hall–Kier alpha value is 0.210. The lowest BCUT2D eigenvalue weighted by atomic mass is 9.86. The monoisotopic (exact) mass is 177 g/mol. The molecule has 2 rings (SSSR count). The molecule has 4 atom stereocenters. The number of hydrogen-bond donors (Lipinski definition) is 2. The van der Waals surface area contributed by atoms with Gasteiger partial charge in [-0.3, -0.25) is 0 Å². The van der Waals surface area contributed by atoms with E-state index in [0.717, 1.165) is 5.92 Å². The smallest absolute Gasteiger partial charge is 0.0462 e. The summed E-state index contributed by atoms with van der Waals surface area (Å²) in [7, 11) is 0. The second-order valence-corrected chi connectivity index (χ2v) is 3.84. The van der Waals surface area contributed by atoms with Crippen LogP contribution in [0.4, 0.5) is 0 Å². The number of hydrogen-bond acceptors (Lipinski definition) is 2.